The average Bonchev–Trinajstić information content (AvgIpc) is 3.12. The summed E-state index contributed by atoms with van der Waals surface area (Å²) in [5, 5.41) is 8.30. The van der Waals surface area contributed by atoms with Crippen molar-refractivity contribution < 1.29 is 9.59 Å². The van der Waals surface area contributed by atoms with Gasteiger partial charge in [0, 0.05) is 18.7 Å². The van der Waals surface area contributed by atoms with Crippen molar-refractivity contribution >= 4 is 33.2 Å². The van der Waals surface area contributed by atoms with Crippen LogP contribution in [0.5, 0.6) is 0 Å². The van der Waals surface area contributed by atoms with Crippen molar-refractivity contribution in [3.05, 3.63) is 46.2 Å². The summed E-state index contributed by atoms with van der Waals surface area (Å²) >= 11 is 1.70. The van der Waals surface area contributed by atoms with Crippen LogP contribution in [0.3, 0.4) is 0 Å². The number of amides is 1. The molecule has 3 rings (SSSR count). The first-order valence-electron chi connectivity index (χ1n) is 8.62. The van der Waals surface area contributed by atoms with E-state index in [1.807, 2.05) is 25.1 Å². The average molecular weight is 370 g/mol. The molecule has 2 aromatic heterocycles. The standard InChI is InChI=1S/C19H22N4O2S/c1-12-19(14(3)24)13(2)23(22-12)11-17(25)20-10-6-9-18-21-15-7-4-5-8-16(15)26-18/h4-5,7-8H,6,9-11H2,1-3H3,(H,20,25). The number of nitrogens with one attached hydrogen (secondary N) is 1. The Bertz CT molecular complexity index is 925. The van der Waals surface area contributed by atoms with Gasteiger partial charge in [-0.1, -0.05) is 12.1 Å². The van der Waals surface area contributed by atoms with E-state index in [-0.39, 0.29) is 18.2 Å². The number of Topliss-reactive ketones (excluding diaryl/α,β-unsaturated/α-hetero) is 1. The van der Waals surface area contributed by atoms with Gasteiger partial charge in [0.2, 0.25) is 5.91 Å². The smallest absolute Gasteiger partial charge is 0.241 e. The number of aryl methyl sites for hydroxylation is 2. The van der Waals surface area contributed by atoms with Gasteiger partial charge in [0.25, 0.3) is 0 Å². The molecule has 0 atom stereocenters. The van der Waals surface area contributed by atoms with Crippen molar-refractivity contribution in [1.29, 1.82) is 0 Å². The third-order valence-electron chi connectivity index (χ3n) is 4.25. The summed E-state index contributed by atoms with van der Waals surface area (Å²) in [5.41, 5.74) is 3.04. The highest BCUT2D eigenvalue weighted by atomic mass is 32.1. The molecule has 1 amide bonds. The second kappa shape index (κ2) is 7.78. The first-order chi connectivity index (χ1) is 12.5. The number of hydrogen-bond donors (Lipinski definition) is 1. The zero-order chi connectivity index (χ0) is 18.7. The molecule has 0 aliphatic carbocycles. The Balaban J connectivity index is 1.48. The molecule has 136 valence electrons. The highest BCUT2D eigenvalue weighted by molar-refractivity contribution is 7.18. The van der Waals surface area contributed by atoms with E-state index in [4.69, 9.17) is 0 Å². The molecule has 0 unspecified atom stereocenters. The minimum absolute atomic E-state index is 0.0255. The number of benzene rings is 1. The van der Waals surface area contributed by atoms with E-state index in [1.165, 1.54) is 11.6 Å². The summed E-state index contributed by atoms with van der Waals surface area (Å²) < 4.78 is 2.78. The Morgan fingerprint density at radius 2 is 2.00 bits per heavy atom. The third kappa shape index (κ3) is 3.99. The van der Waals surface area contributed by atoms with Gasteiger partial charge in [-0.2, -0.15) is 5.10 Å². The Morgan fingerprint density at radius 1 is 1.23 bits per heavy atom. The molecular weight excluding hydrogens is 348 g/mol. The minimum atomic E-state index is -0.102. The number of rotatable bonds is 7. The Kier molecular flexibility index (Phi) is 5.46. The lowest BCUT2D eigenvalue weighted by Crippen LogP contribution is -2.29. The van der Waals surface area contributed by atoms with Gasteiger partial charge < -0.3 is 5.32 Å². The second-order valence-electron chi connectivity index (χ2n) is 6.29. The zero-order valence-corrected chi connectivity index (χ0v) is 16.0. The van der Waals surface area contributed by atoms with Gasteiger partial charge in [-0.05, 0) is 39.3 Å². The normalized spacial score (nSPS) is 11.0. The first kappa shape index (κ1) is 18.3. The van der Waals surface area contributed by atoms with E-state index in [0.29, 0.717) is 17.8 Å². The van der Waals surface area contributed by atoms with Crippen LogP contribution in [0.4, 0.5) is 0 Å². The molecule has 0 radical (unpaired) electrons. The molecule has 26 heavy (non-hydrogen) atoms. The van der Waals surface area contributed by atoms with Crippen LogP contribution in [-0.4, -0.2) is 33.0 Å². The number of nitrogens with zero attached hydrogens (tertiary/aromatic N) is 3. The summed E-state index contributed by atoms with van der Waals surface area (Å²) in [4.78, 5) is 28.4. The van der Waals surface area contributed by atoms with Crippen molar-refractivity contribution in [2.24, 2.45) is 0 Å². The van der Waals surface area contributed by atoms with E-state index in [9.17, 15) is 9.59 Å². The lowest BCUT2D eigenvalue weighted by atomic mass is 10.1. The van der Waals surface area contributed by atoms with Crippen LogP contribution < -0.4 is 5.32 Å². The molecule has 0 bridgehead atoms. The van der Waals surface area contributed by atoms with Crippen molar-refractivity contribution in [3.63, 3.8) is 0 Å². The molecule has 6 nitrogen and oxygen atoms in total. The summed E-state index contributed by atoms with van der Waals surface area (Å²) in [6.45, 7) is 5.84. The van der Waals surface area contributed by atoms with Crippen LogP contribution in [0.15, 0.2) is 24.3 Å². The van der Waals surface area contributed by atoms with Crippen molar-refractivity contribution in [2.45, 2.75) is 40.2 Å². The maximum Gasteiger partial charge on any atom is 0.241 e. The highest BCUT2D eigenvalue weighted by Gasteiger charge is 2.16. The van der Waals surface area contributed by atoms with E-state index < -0.39 is 0 Å². The van der Waals surface area contributed by atoms with E-state index in [1.54, 1.807) is 22.9 Å². The van der Waals surface area contributed by atoms with E-state index in [2.05, 4.69) is 21.5 Å². The van der Waals surface area contributed by atoms with Crippen LogP contribution in [0.2, 0.25) is 0 Å². The number of hydrogen-bond acceptors (Lipinski definition) is 5. The van der Waals surface area contributed by atoms with Crippen molar-refractivity contribution in [2.75, 3.05) is 6.54 Å². The topological polar surface area (TPSA) is 76.9 Å². The summed E-state index contributed by atoms with van der Waals surface area (Å²) in [6, 6.07) is 8.09. The van der Waals surface area contributed by atoms with Crippen LogP contribution in [0.25, 0.3) is 10.2 Å². The lowest BCUT2D eigenvalue weighted by Gasteiger charge is -2.06. The Morgan fingerprint density at radius 3 is 2.69 bits per heavy atom. The molecule has 7 heteroatoms. The Hall–Kier alpha value is -2.54. The predicted octanol–water partition coefficient (Wildman–Crippen LogP) is 3.06. The molecular formula is C19H22N4O2S. The van der Waals surface area contributed by atoms with E-state index >= 15 is 0 Å². The number of carbonyl (C=O) groups excluding carboxylic acids is 2. The molecule has 0 fully saturated rings. The van der Waals surface area contributed by atoms with Crippen LogP contribution in [0, 0.1) is 13.8 Å². The summed E-state index contributed by atoms with van der Waals surface area (Å²) in [5.74, 6) is -0.127. The maximum absolute atomic E-state index is 12.1. The number of ketones is 1. The van der Waals surface area contributed by atoms with Gasteiger partial charge in [0.15, 0.2) is 5.78 Å². The van der Waals surface area contributed by atoms with E-state index in [0.717, 1.165) is 29.1 Å². The van der Waals surface area contributed by atoms with Gasteiger partial charge in [-0.3, -0.25) is 14.3 Å². The van der Waals surface area contributed by atoms with Gasteiger partial charge in [0.05, 0.1) is 26.5 Å². The molecule has 0 spiro atoms. The molecule has 1 N–H and O–H groups in total. The summed E-state index contributed by atoms with van der Waals surface area (Å²) in [7, 11) is 0. The number of para-hydroxylation sites is 1. The molecule has 0 aliphatic heterocycles. The molecule has 2 heterocycles. The number of carbonyl (C=O) groups is 2. The number of aromatic nitrogens is 3. The van der Waals surface area contributed by atoms with Crippen LogP contribution in [0.1, 0.15) is 40.1 Å². The molecule has 0 saturated carbocycles. The zero-order valence-electron chi connectivity index (χ0n) is 15.2. The van der Waals surface area contributed by atoms with Gasteiger partial charge in [-0.15, -0.1) is 11.3 Å². The van der Waals surface area contributed by atoms with Crippen molar-refractivity contribution in [1.82, 2.24) is 20.1 Å². The fourth-order valence-electron chi connectivity index (χ4n) is 3.05. The fourth-order valence-corrected chi connectivity index (χ4v) is 4.06. The van der Waals surface area contributed by atoms with Crippen LogP contribution in [-0.2, 0) is 17.8 Å². The quantitative estimate of drug-likeness (QED) is 0.512. The first-order valence-corrected chi connectivity index (χ1v) is 9.43. The SMILES string of the molecule is CC(=O)c1c(C)nn(CC(=O)NCCCc2nc3ccccc3s2)c1C. The largest absolute Gasteiger partial charge is 0.354 e. The second-order valence-corrected chi connectivity index (χ2v) is 7.40. The Labute approximate surface area is 156 Å². The molecule has 3 aromatic rings. The number of fused-ring (bicyclic) bond motifs is 1. The fraction of sp³-hybridized carbons (Fsp3) is 0.368. The molecule has 0 saturated heterocycles. The van der Waals surface area contributed by atoms with Crippen molar-refractivity contribution in [3.8, 4) is 0 Å². The summed E-state index contributed by atoms with van der Waals surface area (Å²) in [6.07, 6.45) is 1.68. The van der Waals surface area contributed by atoms with Crippen LogP contribution >= 0.6 is 11.3 Å². The van der Waals surface area contributed by atoms with Gasteiger partial charge in [0.1, 0.15) is 6.54 Å². The molecule has 1 aromatic carbocycles. The lowest BCUT2D eigenvalue weighted by molar-refractivity contribution is -0.121. The van der Waals surface area contributed by atoms with Gasteiger partial charge >= 0.3 is 0 Å². The third-order valence-corrected chi connectivity index (χ3v) is 5.35. The monoisotopic (exact) mass is 370 g/mol. The minimum Gasteiger partial charge on any atom is -0.354 e. The maximum atomic E-state index is 12.1. The number of thiazole rings is 1. The predicted molar refractivity (Wildman–Crippen MR) is 103 cm³/mol. The van der Waals surface area contributed by atoms with Gasteiger partial charge in [-0.25, -0.2) is 4.98 Å². The highest BCUT2D eigenvalue weighted by Crippen LogP contribution is 2.22. The molecule has 0 aliphatic rings.